The van der Waals surface area contributed by atoms with Crippen molar-refractivity contribution in [2.75, 3.05) is 12.3 Å². The van der Waals surface area contributed by atoms with Crippen molar-refractivity contribution in [2.45, 2.75) is 31.0 Å². The fourth-order valence-corrected chi connectivity index (χ4v) is 4.43. The van der Waals surface area contributed by atoms with E-state index < -0.39 is 0 Å². The Hall–Kier alpha value is -3.45. The van der Waals surface area contributed by atoms with Gasteiger partial charge in [0.25, 0.3) is 0 Å². The monoisotopic (exact) mass is 457 g/mol. The van der Waals surface area contributed by atoms with E-state index in [0.717, 1.165) is 28.5 Å². The number of hydrogen-bond acceptors (Lipinski definition) is 5. The zero-order chi connectivity index (χ0) is 22.9. The van der Waals surface area contributed by atoms with E-state index in [4.69, 9.17) is 0 Å². The van der Waals surface area contributed by atoms with E-state index in [9.17, 15) is 4.79 Å². The molecular formula is C26H27N5OS. The first kappa shape index (κ1) is 22.7. The minimum absolute atomic E-state index is 0.00546. The van der Waals surface area contributed by atoms with Crippen LogP contribution in [0.3, 0.4) is 0 Å². The summed E-state index contributed by atoms with van der Waals surface area (Å²) in [5.74, 6) is 1.35. The number of carbonyl (C=O) groups is 1. The molecule has 0 aliphatic rings. The summed E-state index contributed by atoms with van der Waals surface area (Å²) in [7, 11) is 0. The average molecular weight is 458 g/mol. The molecule has 7 heteroatoms. The molecule has 0 bridgehead atoms. The average Bonchev–Trinajstić information content (AvgIpc) is 3.27. The van der Waals surface area contributed by atoms with Crippen LogP contribution in [0.15, 0.2) is 90.3 Å². The second-order valence-electron chi connectivity index (χ2n) is 7.72. The Morgan fingerprint density at radius 3 is 2.36 bits per heavy atom. The van der Waals surface area contributed by atoms with E-state index in [1.807, 2.05) is 48.5 Å². The minimum Gasteiger partial charge on any atom is -0.355 e. The van der Waals surface area contributed by atoms with Gasteiger partial charge in [0.1, 0.15) is 0 Å². The number of aromatic nitrogens is 4. The van der Waals surface area contributed by atoms with Crippen LogP contribution in [-0.4, -0.2) is 38.0 Å². The maximum atomic E-state index is 12.6. The molecule has 1 unspecified atom stereocenters. The Bertz CT molecular complexity index is 1150. The first-order chi connectivity index (χ1) is 16.2. The normalized spacial score (nSPS) is 11.8. The zero-order valence-corrected chi connectivity index (χ0v) is 19.4. The van der Waals surface area contributed by atoms with Crippen LogP contribution in [0.25, 0.3) is 11.4 Å². The van der Waals surface area contributed by atoms with Crippen LogP contribution in [0, 0.1) is 0 Å². The van der Waals surface area contributed by atoms with Crippen molar-refractivity contribution in [2.24, 2.45) is 0 Å². The molecule has 33 heavy (non-hydrogen) atoms. The van der Waals surface area contributed by atoms with E-state index in [0.29, 0.717) is 19.0 Å². The summed E-state index contributed by atoms with van der Waals surface area (Å²) in [4.78, 5) is 16.7. The molecule has 0 fully saturated rings. The van der Waals surface area contributed by atoms with Crippen molar-refractivity contribution >= 4 is 17.7 Å². The number of carbonyl (C=O) groups excluding carboxylic acids is 1. The van der Waals surface area contributed by atoms with Crippen LogP contribution in [0.2, 0.25) is 0 Å². The number of amides is 1. The molecule has 0 radical (unpaired) electrons. The lowest BCUT2D eigenvalue weighted by Gasteiger charge is -2.16. The van der Waals surface area contributed by atoms with Gasteiger partial charge in [-0.15, -0.1) is 10.2 Å². The predicted octanol–water partition coefficient (Wildman–Crippen LogP) is 4.79. The summed E-state index contributed by atoms with van der Waals surface area (Å²) < 4.78 is 2.06. The van der Waals surface area contributed by atoms with Crippen molar-refractivity contribution in [3.8, 4) is 11.4 Å². The molecule has 4 rings (SSSR count). The topological polar surface area (TPSA) is 72.7 Å². The van der Waals surface area contributed by atoms with Gasteiger partial charge in [0.05, 0.1) is 12.3 Å². The first-order valence-electron chi connectivity index (χ1n) is 11.1. The largest absolute Gasteiger partial charge is 0.355 e. The number of nitrogens with one attached hydrogen (secondary N) is 1. The number of benzene rings is 2. The maximum absolute atomic E-state index is 12.6. The number of hydrogen-bond donors (Lipinski definition) is 1. The number of rotatable bonds is 10. The van der Waals surface area contributed by atoms with Gasteiger partial charge in [0.15, 0.2) is 11.0 Å². The summed E-state index contributed by atoms with van der Waals surface area (Å²) in [5, 5.41) is 12.6. The second kappa shape index (κ2) is 11.4. The van der Waals surface area contributed by atoms with Gasteiger partial charge >= 0.3 is 0 Å². The predicted molar refractivity (Wildman–Crippen MR) is 132 cm³/mol. The molecule has 4 aromatic rings. The smallest absolute Gasteiger partial charge is 0.230 e. The van der Waals surface area contributed by atoms with Crippen molar-refractivity contribution in [3.05, 3.63) is 96.3 Å². The van der Waals surface area contributed by atoms with Crippen LogP contribution >= 0.6 is 11.8 Å². The van der Waals surface area contributed by atoms with E-state index in [2.05, 4.69) is 56.3 Å². The molecule has 0 aliphatic heterocycles. The Kier molecular flexibility index (Phi) is 7.87. The summed E-state index contributed by atoms with van der Waals surface area (Å²) in [6.07, 6.45) is 4.46. The second-order valence-corrected chi connectivity index (χ2v) is 8.66. The van der Waals surface area contributed by atoms with Crippen LogP contribution in [-0.2, 0) is 11.3 Å². The van der Waals surface area contributed by atoms with Gasteiger partial charge in [-0.3, -0.25) is 14.3 Å². The molecule has 0 spiro atoms. The Morgan fingerprint density at radius 2 is 1.67 bits per heavy atom. The van der Waals surface area contributed by atoms with Gasteiger partial charge < -0.3 is 5.32 Å². The lowest BCUT2D eigenvalue weighted by Crippen LogP contribution is -2.29. The maximum Gasteiger partial charge on any atom is 0.230 e. The third-order valence-corrected chi connectivity index (χ3v) is 6.45. The molecule has 2 aromatic heterocycles. The van der Waals surface area contributed by atoms with Gasteiger partial charge in [0, 0.05) is 30.4 Å². The Labute approximate surface area is 198 Å². The molecule has 0 aliphatic carbocycles. The van der Waals surface area contributed by atoms with Gasteiger partial charge in [0.2, 0.25) is 5.91 Å². The highest BCUT2D eigenvalue weighted by atomic mass is 32.2. The SMILES string of the molecule is CCC(CNC(=O)CSc1nnc(-c2ccncc2)n1Cc1ccccc1)c1ccccc1. The van der Waals surface area contributed by atoms with E-state index in [-0.39, 0.29) is 11.7 Å². The van der Waals surface area contributed by atoms with Crippen LogP contribution < -0.4 is 5.32 Å². The highest BCUT2D eigenvalue weighted by Gasteiger charge is 2.17. The fraction of sp³-hybridized carbons (Fsp3) is 0.231. The summed E-state index contributed by atoms with van der Waals surface area (Å²) in [6, 6.07) is 24.3. The molecule has 1 N–H and O–H groups in total. The van der Waals surface area contributed by atoms with E-state index in [1.54, 1.807) is 12.4 Å². The number of thioether (sulfide) groups is 1. The molecule has 0 saturated carbocycles. The molecule has 168 valence electrons. The summed E-state index contributed by atoms with van der Waals surface area (Å²) in [5.41, 5.74) is 3.34. The number of nitrogens with zero attached hydrogens (tertiary/aromatic N) is 4. The standard InChI is InChI=1S/C26H27N5OS/c1-2-21(22-11-7-4-8-12-22)17-28-24(32)19-33-26-30-29-25(23-13-15-27-16-14-23)31(26)18-20-9-5-3-6-10-20/h3-16,21H,2,17-19H2,1H3,(H,28,32). The Balaban J connectivity index is 1.44. The van der Waals surface area contributed by atoms with Gasteiger partial charge in [-0.05, 0) is 29.7 Å². The highest BCUT2D eigenvalue weighted by molar-refractivity contribution is 7.99. The zero-order valence-electron chi connectivity index (χ0n) is 18.6. The molecule has 2 aromatic carbocycles. The van der Waals surface area contributed by atoms with Gasteiger partial charge in [-0.1, -0.05) is 79.3 Å². The molecule has 1 amide bonds. The lowest BCUT2D eigenvalue weighted by atomic mass is 9.96. The van der Waals surface area contributed by atoms with Crippen molar-refractivity contribution in [3.63, 3.8) is 0 Å². The molecule has 0 saturated heterocycles. The summed E-state index contributed by atoms with van der Waals surface area (Å²) >= 11 is 1.41. The number of pyridine rings is 1. The van der Waals surface area contributed by atoms with E-state index >= 15 is 0 Å². The van der Waals surface area contributed by atoms with Crippen molar-refractivity contribution < 1.29 is 4.79 Å². The van der Waals surface area contributed by atoms with Crippen LogP contribution in [0.1, 0.15) is 30.4 Å². The fourth-order valence-electron chi connectivity index (χ4n) is 3.66. The Morgan fingerprint density at radius 1 is 0.970 bits per heavy atom. The van der Waals surface area contributed by atoms with Crippen molar-refractivity contribution in [1.82, 2.24) is 25.1 Å². The third kappa shape index (κ3) is 6.08. The molecule has 6 nitrogen and oxygen atoms in total. The van der Waals surface area contributed by atoms with Crippen molar-refractivity contribution in [1.29, 1.82) is 0 Å². The summed E-state index contributed by atoms with van der Waals surface area (Å²) in [6.45, 7) is 3.39. The van der Waals surface area contributed by atoms with Gasteiger partial charge in [-0.2, -0.15) is 0 Å². The van der Waals surface area contributed by atoms with E-state index in [1.165, 1.54) is 17.3 Å². The molecular weight excluding hydrogens is 430 g/mol. The third-order valence-electron chi connectivity index (χ3n) is 5.48. The first-order valence-corrected chi connectivity index (χ1v) is 12.0. The minimum atomic E-state index is -0.00546. The quantitative estimate of drug-likeness (QED) is 0.347. The highest BCUT2D eigenvalue weighted by Crippen LogP contribution is 2.25. The molecule has 1 atom stereocenters. The lowest BCUT2D eigenvalue weighted by molar-refractivity contribution is -0.118. The molecule has 2 heterocycles. The van der Waals surface area contributed by atoms with Crippen LogP contribution in [0.5, 0.6) is 0 Å². The van der Waals surface area contributed by atoms with Gasteiger partial charge in [-0.25, -0.2) is 0 Å². The van der Waals surface area contributed by atoms with Crippen LogP contribution in [0.4, 0.5) is 0 Å².